The molecule has 22 heavy (non-hydrogen) atoms. The van der Waals surface area contributed by atoms with Crippen molar-refractivity contribution in [3.63, 3.8) is 0 Å². The topological polar surface area (TPSA) is 69.3 Å². The van der Waals surface area contributed by atoms with Crippen LogP contribution in [-0.2, 0) is 16.7 Å². The van der Waals surface area contributed by atoms with Gasteiger partial charge in [0.2, 0.25) is 10.0 Å². The monoisotopic (exact) mass is 340 g/mol. The second-order valence-electron chi connectivity index (χ2n) is 5.61. The lowest BCUT2D eigenvalue weighted by molar-refractivity contribution is 0.150. The highest BCUT2D eigenvalue weighted by atomic mass is 32.2. The van der Waals surface area contributed by atoms with E-state index in [2.05, 4.69) is 11.0 Å². The van der Waals surface area contributed by atoms with Crippen molar-refractivity contribution < 1.29 is 8.42 Å². The Morgan fingerprint density at radius 2 is 1.86 bits per heavy atom. The molecule has 1 aromatic rings. The van der Waals surface area contributed by atoms with E-state index in [-0.39, 0.29) is 0 Å². The van der Waals surface area contributed by atoms with Crippen LogP contribution in [0.2, 0.25) is 0 Å². The summed E-state index contributed by atoms with van der Waals surface area (Å²) >= 11 is 5.42. The summed E-state index contributed by atoms with van der Waals surface area (Å²) in [5, 5.41) is 9.23. The highest BCUT2D eigenvalue weighted by molar-refractivity contribution is 7.88. The van der Waals surface area contributed by atoms with Crippen LogP contribution in [0.4, 0.5) is 0 Å². The van der Waals surface area contributed by atoms with Crippen molar-refractivity contribution in [1.29, 1.82) is 5.26 Å². The normalized spacial score (nSPS) is 17.4. The highest BCUT2D eigenvalue weighted by Crippen LogP contribution is 2.15. The number of rotatable bonds is 3. The molecule has 2 rings (SSSR count). The van der Waals surface area contributed by atoms with E-state index in [1.54, 1.807) is 0 Å². The third kappa shape index (κ3) is 3.55. The standard InChI is InChI=1S/C14H20N4O2S2/c1-11-8-12(2)18(14(21)13(11)9-15)10-16-4-6-17(7-5-16)22(3,19)20/h8H,4-7,10H2,1-3H3. The molecule has 0 unspecified atom stereocenters. The Kier molecular flexibility index (Phi) is 5.02. The van der Waals surface area contributed by atoms with Gasteiger partial charge in [-0.1, -0.05) is 12.2 Å². The number of hydrogen-bond acceptors (Lipinski definition) is 5. The zero-order valence-corrected chi connectivity index (χ0v) is 14.7. The van der Waals surface area contributed by atoms with Gasteiger partial charge in [-0.3, -0.25) is 4.90 Å². The fourth-order valence-electron chi connectivity index (χ4n) is 2.64. The summed E-state index contributed by atoms with van der Waals surface area (Å²) in [7, 11) is -3.12. The largest absolute Gasteiger partial charge is 0.322 e. The van der Waals surface area contributed by atoms with Crippen LogP contribution in [0, 0.1) is 29.8 Å². The van der Waals surface area contributed by atoms with Crippen molar-refractivity contribution >= 4 is 22.2 Å². The molecule has 0 atom stereocenters. The summed E-state index contributed by atoms with van der Waals surface area (Å²) in [6.45, 7) is 6.73. The molecule has 0 N–H and O–H groups in total. The summed E-state index contributed by atoms with van der Waals surface area (Å²) in [6.07, 6.45) is 1.24. The molecule has 0 bridgehead atoms. The van der Waals surface area contributed by atoms with E-state index < -0.39 is 10.0 Å². The van der Waals surface area contributed by atoms with Crippen molar-refractivity contribution in [3.8, 4) is 6.07 Å². The van der Waals surface area contributed by atoms with Gasteiger partial charge in [-0.25, -0.2) is 8.42 Å². The summed E-state index contributed by atoms with van der Waals surface area (Å²) < 4.78 is 27.0. The number of nitrogens with zero attached hydrogens (tertiary/aromatic N) is 4. The van der Waals surface area contributed by atoms with E-state index in [4.69, 9.17) is 12.2 Å². The van der Waals surface area contributed by atoms with Gasteiger partial charge in [0.05, 0.1) is 18.5 Å². The van der Waals surface area contributed by atoms with E-state index in [1.165, 1.54) is 10.6 Å². The molecule has 0 radical (unpaired) electrons. The maximum absolute atomic E-state index is 11.5. The molecule has 2 heterocycles. The smallest absolute Gasteiger partial charge is 0.211 e. The lowest BCUT2D eigenvalue weighted by atomic mass is 10.1. The van der Waals surface area contributed by atoms with E-state index in [1.807, 2.05) is 24.5 Å². The predicted octanol–water partition coefficient (Wildman–Crippen LogP) is 1.24. The van der Waals surface area contributed by atoms with Crippen LogP contribution >= 0.6 is 12.2 Å². The number of aromatic nitrogens is 1. The maximum atomic E-state index is 11.5. The van der Waals surface area contributed by atoms with Gasteiger partial charge in [-0.05, 0) is 25.5 Å². The van der Waals surface area contributed by atoms with Crippen LogP contribution in [-0.4, -0.2) is 54.6 Å². The number of nitriles is 1. The molecule has 120 valence electrons. The van der Waals surface area contributed by atoms with E-state index >= 15 is 0 Å². The molecule has 0 spiro atoms. The summed E-state index contributed by atoms with van der Waals surface area (Å²) in [5.41, 5.74) is 2.44. The molecule has 0 amide bonds. The Balaban J connectivity index is 2.17. The van der Waals surface area contributed by atoms with E-state index in [9.17, 15) is 13.7 Å². The maximum Gasteiger partial charge on any atom is 0.211 e. The van der Waals surface area contributed by atoms with E-state index in [0.29, 0.717) is 43.1 Å². The molecule has 0 aromatic carbocycles. The fourth-order valence-corrected chi connectivity index (χ4v) is 3.88. The average molecular weight is 340 g/mol. The molecule has 0 saturated carbocycles. The second-order valence-corrected chi connectivity index (χ2v) is 7.98. The molecule has 0 aliphatic carbocycles. The molecule has 6 nitrogen and oxygen atoms in total. The fraction of sp³-hybridized carbons (Fsp3) is 0.571. The Morgan fingerprint density at radius 1 is 1.27 bits per heavy atom. The molecule has 1 saturated heterocycles. The predicted molar refractivity (Wildman–Crippen MR) is 87.4 cm³/mol. The lowest BCUT2D eigenvalue weighted by Gasteiger charge is -2.34. The first kappa shape index (κ1) is 17.1. The van der Waals surface area contributed by atoms with Crippen molar-refractivity contribution in [1.82, 2.24) is 13.8 Å². The third-order valence-electron chi connectivity index (χ3n) is 3.96. The number of sulfonamides is 1. The zero-order chi connectivity index (χ0) is 16.5. The van der Waals surface area contributed by atoms with Gasteiger partial charge in [-0.15, -0.1) is 0 Å². The minimum atomic E-state index is -3.12. The van der Waals surface area contributed by atoms with Crippen molar-refractivity contribution in [2.45, 2.75) is 20.5 Å². The van der Waals surface area contributed by atoms with Crippen LogP contribution in [0.15, 0.2) is 6.07 Å². The first-order valence-corrected chi connectivity index (χ1v) is 9.28. The van der Waals surface area contributed by atoms with Gasteiger partial charge in [0, 0.05) is 31.9 Å². The summed E-state index contributed by atoms with van der Waals surface area (Å²) in [6, 6.07) is 4.12. The second kappa shape index (κ2) is 6.46. The number of piperazine rings is 1. The first-order chi connectivity index (χ1) is 10.2. The number of pyridine rings is 1. The molecular weight excluding hydrogens is 320 g/mol. The van der Waals surface area contributed by atoms with Gasteiger partial charge >= 0.3 is 0 Å². The SMILES string of the molecule is Cc1cc(C)n(CN2CCN(S(C)(=O)=O)CC2)c(=S)c1C#N. The van der Waals surface area contributed by atoms with Crippen molar-refractivity contribution in [3.05, 3.63) is 27.5 Å². The minimum Gasteiger partial charge on any atom is -0.322 e. The minimum absolute atomic E-state index is 0.488. The average Bonchev–Trinajstić information content (AvgIpc) is 2.43. The van der Waals surface area contributed by atoms with Crippen LogP contribution in [0.3, 0.4) is 0 Å². The third-order valence-corrected chi connectivity index (χ3v) is 5.69. The van der Waals surface area contributed by atoms with Crippen LogP contribution in [0.1, 0.15) is 16.8 Å². The van der Waals surface area contributed by atoms with Crippen molar-refractivity contribution in [2.75, 3.05) is 32.4 Å². The molecule has 1 aromatic heterocycles. The molecule has 8 heteroatoms. The Labute approximate surface area is 136 Å². The Hall–Kier alpha value is -1.27. The zero-order valence-electron chi connectivity index (χ0n) is 13.0. The Bertz CT molecular complexity index is 769. The molecule has 1 aliphatic rings. The summed E-state index contributed by atoms with van der Waals surface area (Å²) in [5.74, 6) is 0. The van der Waals surface area contributed by atoms with Gasteiger partial charge in [0.25, 0.3) is 0 Å². The van der Waals surface area contributed by atoms with Gasteiger partial charge in [-0.2, -0.15) is 9.57 Å². The molecular formula is C14H20N4O2S2. The van der Waals surface area contributed by atoms with Crippen LogP contribution in [0.25, 0.3) is 0 Å². The molecule has 1 aliphatic heterocycles. The van der Waals surface area contributed by atoms with E-state index in [0.717, 1.165) is 11.3 Å². The van der Waals surface area contributed by atoms with Gasteiger partial charge < -0.3 is 4.57 Å². The van der Waals surface area contributed by atoms with Gasteiger partial charge in [0.1, 0.15) is 10.7 Å². The lowest BCUT2D eigenvalue weighted by Crippen LogP contribution is -2.48. The van der Waals surface area contributed by atoms with Gasteiger partial charge in [0.15, 0.2) is 0 Å². The molecule has 1 fully saturated rings. The van der Waals surface area contributed by atoms with Crippen LogP contribution in [0.5, 0.6) is 0 Å². The Morgan fingerprint density at radius 3 is 2.36 bits per heavy atom. The highest BCUT2D eigenvalue weighted by Gasteiger charge is 2.23. The first-order valence-electron chi connectivity index (χ1n) is 7.02. The number of aryl methyl sites for hydroxylation is 2. The van der Waals surface area contributed by atoms with Crippen LogP contribution < -0.4 is 0 Å². The quantitative estimate of drug-likeness (QED) is 0.775. The summed E-state index contributed by atoms with van der Waals surface area (Å²) in [4.78, 5) is 2.15. The number of hydrogen-bond donors (Lipinski definition) is 0. The van der Waals surface area contributed by atoms with Crippen molar-refractivity contribution in [2.24, 2.45) is 0 Å².